The molecule has 0 unspecified atom stereocenters. The minimum absolute atomic E-state index is 0.0576. The second kappa shape index (κ2) is 4.93. The van der Waals surface area contributed by atoms with Crippen molar-refractivity contribution in [1.82, 2.24) is 9.97 Å². The van der Waals surface area contributed by atoms with Crippen molar-refractivity contribution in [3.05, 3.63) is 47.2 Å². The second-order valence-corrected chi connectivity index (χ2v) is 3.90. The molecule has 1 amide bonds. The number of carbonyl (C=O) groups is 1. The minimum atomic E-state index is -0.446. The average molecular weight is 248 g/mol. The summed E-state index contributed by atoms with van der Waals surface area (Å²) in [5.41, 5.74) is 6.49. The van der Waals surface area contributed by atoms with E-state index in [0.29, 0.717) is 16.7 Å². The van der Waals surface area contributed by atoms with Crippen LogP contribution in [0.5, 0.6) is 0 Å². The molecule has 1 heterocycles. The van der Waals surface area contributed by atoms with Gasteiger partial charge in [-0.1, -0.05) is 41.9 Å². The Morgan fingerprint density at radius 2 is 1.94 bits per heavy atom. The van der Waals surface area contributed by atoms with E-state index in [-0.39, 0.29) is 6.42 Å². The van der Waals surface area contributed by atoms with Crippen LogP contribution in [0.4, 0.5) is 0 Å². The number of amides is 1. The van der Waals surface area contributed by atoms with Gasteiger partial charge in [-0.2, -0.15) is 0 Å². The Hall–Kier alpha value is -1.94. The van der Waals surface area contributed by atoms with Gasteiger partial charge in [0.05, 0.1) is 12.1 Å². The molecule has 2 rings (SSSR count). The van der Waals surface area contributed by atoms with Crippen LogP contribution in [0.25, 0.3) is 11.4 Å². The van der Waals surface area contributed by atoms with Crippen molar-refractivity contribution < 1.29 is 4.79 Å². The SMILES string of the molecule is NC(=O)Cc1cc(Cl)nc(-c2ccccc2)n1. The van der Waals surface area contributed by atoms with Crippen LogP contribution in [0.3, 0.4) is 0 Å². The Bertz CT molecular complexity index is 543. The Labute approximate surface area is 103 Å². The van der Waals surface area contributed by atoms with Gasteiger partial charge in [0.25, 0.3) is 0 Å². The molecule has 17 heavy (non-hydrogen) atoms. The van der Waals surface area contributed by atoms with Crippen molar-refractivity contribution in [2.24, 2.45) is 5.73 Å². The maximum atomic E-state index is 10.8. The molecule has 0 spiro atoms. The lowest BCUT2D eigenvalue weighted by Gasteiger charge is -2.03. The van der Waals surface area contributed by atoms with E-state index in [9.17, 15) is 4.79 Å². The molecule has 0 bridgehead atoms. The highest BCUT2D eigenvalue weighted by atomic mass is 35.5. The molecule has 0 radical (unpaired) electrons. The maximum Gasteiger partial charge on any atom is 0.223 e. The summed E-state index contributed by atoms with van der Waals surface area (Å²) >= 11 is 5.88. The zero-order valence-electron chi connectivity index (χ0n) is 8.93. The standard InChI is InChI=1S/C12H10ClN3O/c13-10-6-9(7-11(14)17)15-12(16-10)8-4-2-1-3-5-8/h1-6H,7H2,(H2,14,17). The monoisotopic (exact) mass is 247 g/mol. The van der Waals surface area contributed by atoms with Gasteiger partial charge in [-0.05, 0) is 6.07 Å². The van der Waals surface area contributed by atoms with E-state index in [2.05, 4.69) is 9.97 Å². The van der Waals surface area contributed by atoms with Gasteiger partial charge in [0.2, 0.25) is 5.91 Å². The summed E-state index contributed by atoms with van der Waals surface area (Å²) in [5, 5.41) is 0.301. The van der Waals surface area contributed by atoms with Gasteiger partial charge < -0.3 is 5.73 Å². The highest BCUT2D eigenvalue weighted by Gasteiger charge is 2.07. The highest BCUT2D eigenvalue weighted by Crippen LogP contribution is 2.17. The molecule has 2 aromatic rings. The molecule has 0 aliphatic heterocycles. The molecule has 0 fully saturated rings. The molecule has 0 aliphatic rings. The second-order valence-electron chi connectivity index (χ2n) is 3.51. The fourth-order valence-electron chi connectivity index (χ4n) is 1.45. The van der Waals surface area contributed by atoms with Crippen molar-refractivity contribution in [3.8, 4) is 11.4 Å². The van der Waals surface area contributed by atoms with E-state index in [0.717, 1.165) is 5.56 Å². The fourth-order valence-corrected chi connectivity index (χ4v) is 1.66. The highest BCUT2D eigenvalue weighted by molar-refractivity contribution is 6.29. The summed E-state index contributed by atoms with van der Waals surface area (Å²) in [5.74, 6) is 0.0492. The van der Waals surface area contributed by atoms with Gasteiger partial charge in [-0.25, -0.2) is 9.97 Å². The van der Waals surface area contributed by atoms with E-state index in [1.807, 2.05) is 30.3 Å². The van der Waals surface area contributed by atoms with Gasteiger partial charge in [-0.15, -0.1) is 0 Å². The fraction of sp³-hybridized carbons (Fsp3) is 0.0833. The Morgan fingerprint density at radius 1 is 1.24 bits per heavy atom. The average Bonchev–Trinajstić information content (AvgIpc) is 2.28. The number of primary amides is 1. The molecule has 0 saturated heterocycles. The summed E-state index contributed by atoms with van der Waals surface area (Å²) in [6.45, 7) is 0. The predicted octanol–water partition coefficient (Wildman–Crippen LogP) is 1.82. The Morgan fingerprint density at radius 3 is 2.59 bits per heavy atom. The lowest BCUT2D eigenvalue weighted by molar-refractivity contribution is -0.117. The van der Waals surface area contributed by atoms with Crippen molar-refractivity contribution in [2.45, 2.75) is 6.42 Å². The quantitative estimate of drug-likeness (QED) is 0.842. The van der Waals surface area contributed by atoms with E-state index in [4.69, 9.17) is 17.3 Å². The van der Waals surface area contributed by atoms with E-state index < -0.39 is 5.91 Å². The molecule has 4 nitrogen and oxygen atoms in total. The molecule has 0 atom stereocenters. The van der Waals surface area contributed by atoms with Crippen LogP contribution in [0.15, 0.2) is 36.4 Å². The molecule has 2 N–H and O–H groups in total. The van der Waals surface area contributed by atoms with E-state index in [1.54, 1.807) is 6.07 Å². The maximum absolute atomic E-state index is 10.8. The number of hydrogen-bond donors (Lipinski definition) is 1. The number of aromatic nitrogens is 2. The molecular formula is C12H10ClN3O. The number of halogens is 1. The van der Waals surface area contributed by atoms with Crippen molar-refractivity contribution >= 4 is 17.5 Å². The van der Waals surface area contributed by atoms with Crippen LogP contribution in [0.1, 0.15) is 5.69 Å². The zero-order valence-corrected chi connectivity index (χ0v) is 9.69. The topological polar surface area (TPSA) is 68.9 Å². The van der Waals surface area contributed by atoms with Crippen LogP contribution in [0, 0.1) is 0 Å². The first-order chi connectivity index (χ1) is 8.15. The number of nitrogens with zero attached hydrogens (tertiary/aromatic N) is 2. The summed E-state index contributed by atoms with van der Waals surface area (Å²) in [4.78, 5) is 19.2. The third-order valence-corrected chi connectivity index (χ3v) is 2.33. The molecule has 86 valence electrons. The van der Waals surface area contributed by atoms with Crippen LogP contribution in [-0.2, 0) is 11.2 Å². The van der Waals surface area contributed by atoms with E-state index >= 15 is 0 Å². The van der Waals surface area contributed by atoms with Gasteiger partial charge >= 0.3 is 0 Å². The summed E-state index contributed by atoms with van der Waals surface area (Å²) in [7, 11) is 0. The van der Waals surface area contributed by atoms with Crippen LogP contribution in [-0.4, -0.2) is 15.9 Å². The zero-order chi connectivity index (χ0) is 12.3. The van der Waals surface area contributed by atoms with Crippen molar-refractivity contribution in [3.63, 3.8) is 0 Å². The van der Waals surface area contributed by atoms with Gasteiger partial charge in [0.1, 0.15) is 5.15 Å². The summed E-state index contributed by atoms with van der Waals surface area (Å²) in [6.07, 6.45) is 0.0576. The number of rotatable bonds is 3. The smallest absolute Gasteiger partial charge is 0.223 e. The largest absolute Gasteiger partial charge is 0.369 e. The third kappa shape index (κ3) is 3.01. The molecule has 1 aromatic carbocycles. The van der Waals surface area contributed by atoms with E-state index in [1.165, 1.54) is 0 Å². The lowest BCUT2D eigenvalue weighted by Crippen LogP contribution is -2.15. The van der Waals surface area contributed by atoms with Crippen LogP contribution in [0.2, 0.25) is 5.15 Å². The van der Waals surface area contributed by atoms with Crippen molar-refractivity contribution in [2.75, 3.05) is 0 Å². The Kier molecular flexibility index (Phi) is 3.35. The minimum Gasteiger partial charge on any atom is -0.369 e. The molecule has 0 saturated carbocycles. The first-order valence-corrected chi connectivity index (χ1v) is 5.40. The van der Waals surface area contributed by atoms with Crippen molar-refractivity contribution in [1.29, 1.82) is 0 Å². The number of nitrogens with two attached hydrogens (primary N) is 1. The predicted molar refractivity (Wildman–Crippen MR) is 65.4 cm³/mol. The summed E-state index contributed by atoms with van der Waals surface area (Å²) < 4.78 is 0. The summed E-state index contributed by atoms with van der Waals surface area (Å²) in [6, 6.07) is 11.0. The number of hydrogen-bond acceptors (Lipinski definition) is 3. The normalized spacial score (nSPS) is 10.2. The molecule has 5 heteroatoms. The number of benzene rings is 1. The molecule has 0 aliphatic carbocycles. The van der Waals surface area contributed by atoms with Gasteiger partial charge in [0, 0.05) is 5.56 Å². The molecular weight excluding hydrogens is 238 g/mol. The molecule has 1 aromatic heterocycles. The first kappa shape index (κ1) is 11.5. The lowest BCUT2D eigenvalue weighted by atomic mass is 10.2. The van der Waals surface area contributed by atoms with Gasteiger partial charge in [0.15, 0.2) is 5.82 Å². The Balaban J connectivity index is 2.42. The van der Waals surface area contributed by atoms with Gasteiger partial charge in [-0.3, -0.25) is 4.79 Å². The van der Waals surface area contributed by atoms with Crippen LogP contribution < -0.4 is 5.73 Å². The first-order valence-electron chi connectivity index (χ1n) is 5.02. The van der Waals surface area contributed by atoms with Crippen LogP contribution >= 0.6 is 11.6 Å². The third-order valence-electron chi connectivity index (χ3n) is 2.14. The number of carbonyl (C=O) groups excluding carboxylic acids is 1.